The quantitative estimate of drug-likeness (QED) is 0.811. The van der Waals surface area contributed by atoms with E-state index in [2.05, 4.69) is 20.3 Å². The summed E-state index contributed by atoms with van der Waals surface area (Å²) in [5.74, 6) is 2.30. The molecule has 2 N–H and O–H groups in total. The molecule has 2 amide bonds. The van der Waals surface area contributed by atoms with Crippen LogP contribution in [0.3, 0.4) is 0 Å². The number of aromatic nitrogens is 3. The molecule has 2 saturated carbocycles. The maximum atomic E-state index is 13.1. The summed E-state index contributed by atoms with van der Waals surface area (Å²) in [6.07, 6.45) is 12.7. The Morgan fingerprint density at radius 1 is 1.28 bits per heavy atom. The molecule has 0 spiro atoms. The summed E-state index contributed by atoms with van der Waals surface area (Å²) in [6.45, 7) is 0.594. The van der Waals surface area contributed by atoms with Crippen LogP contribution in [0, 0.1) is 11.8 Å². The number of likely N-dealkylation sites (tertiary alicyclic amines) is 1. The molecule has 0 bridgehead atoms. The monoisotopic (exact) mass is 395 g/mol. The highest BCUT2D eigenvalue weighted by Crippen LogP contribution is 2.45. The van der Waals surface area contributed by atoms with Gasteiger partial charge in [0.05, 0.1) is 24.0 Å². The second-order valence-electron chi connectivity index (χ2n) is 8.69. The number of amides is 2. The van der Waals surface area contributed by atoms with Crippen molar-refractivity contribution >= 4 is 6.03 Å². The fraction of sp³-hybridized carbons (Fsp3) is 0.591. The number of urea groups is 1. The number of imidazole rings is 1. The van der Waals surface area contributed by atoms with Gasteiger partial charge in [-0.1, -0.05) is 25.7 Å². The summed E-state index contributed by atoms with van der Waals surface area (Å²) in [5.41, 5.74) is 1.90. The molecular weight excluding hydrogens is 366 g/mol. The van der Waals surface area contributed by atoms with Crippen molar-refractivity contribution < 1.29 is 9.53 Å². The van der Waals surface area contributed by atoms with Gasteiger partial charge < -0.3 is 19.9 Å². The summed E-state index contributed by atoms with van der Waals surface area (Å²) in [5, 5.41) is 3.29. The minimum atomic E-state index is -0.103. The summed E-state index contributed by atoms with van der Waals surface area (Å²) >= 11 is 0. The van der Waals surface area contributed by atoms with Gasteiger partial charge in [0.15, 0.2) is 0 Å². The number of rotatable bonds is 5. The van der Waals surface area contributed by atoms with E-state index in [-0.39, 0.29) is 18.2 Å². The minimum Gasteiger partial charge on any atom is -0.380 e. The minimum absolute atomic E-state index is 0.0133. The van der Waals surface area contributed by atoms with E-state index in [0.717, 1.165) is 35.8 Å². The van der Waals surface area contributed by atoms with E-state index >= 15 is 0 Å². The molecule has 2 aliphatic carbocycles. The maximum Gasteiger partial charge on any atom is 0.318 e. The number of hydrogen-bond donors (Lipinski definition) is 2. The number of carbonyl (C=O) groups is 1. The number of ether oxygens (including phenoxy) is 1. The topological polar surface area (TPSA) is 83.1 Å². The third kappa shape index (κ3) is 3.75. The fourth-order valence-corrected chi connectivity index (χ4v) is 5.16. The molecule has 29 heavy (non-hydrogen) atoms. The van der Waals surface area contributed by atoms with Crippen LogP contribution in [0.5, 0.6) is 0 Å². The van der Waals surface area contributed by atoms with Gasteiger partial charge in [-0.05, 0) is 30.4 Å². The summed E-state index contributed by atoms with van der Waals surface area (Å²) < 4.78 is 5.58. The van der Waals surface area contributed by atoms with E-state index in [1.165, 1.54) is 25.7 Å². The van der Waals surface area contributed by atoms with E-state index in [0.29, 0.717) is 18.5 Å². The number of nitrogens with one attached hydrogen (secondary N) is 2. The van der Waals surface area contributed by atoms with Gasteiger partial charge in [0.25, 0.3) is 0 Å². The number of H-pyrrole nitrogens is 1. The van der Waals surface area contributed by atoms with Crippen LogP contribution >= 0.6 is 0 Å². The molecule has 7 heteroatoms. The van der Waals surface area contributed by atoms with Gasteiger partial charge in [0.2, 0.25) is 0 Å². The average molecular weight is 396 g/mol. The van der Waals surface area contributed by atoms with E-state index in [1.54, 1.807) is 13.3 Å². The highest BCUT2D eigenvalue weighted by atomic mass is 16.5. The molecular formula is C22H29N5O2. The smallest absolute Gasteiger partial charge is 0.318 e. The molecule has 2 aromatic rings. The van der Waals surface area contributed by atoms with Crippen LogP contribution in [0.15, 0.2) is 30.7 Å². The maximum absolute atomic E-state index is 13.1. The Morgan fingerprint density at radius 3 is 2.90 bits per heavy atom. The molecule has 1 aliphatic heterocycles. The Bertz CT molecular complexity index is 848. The second-order valence-corrected chi connectivity index (χ2v) is 8.69. The van der Waals surface area contributed by atoms with E-state index in [1.807, 2.05) is 29.4 Å². The predicted molar refractivity (Wildman–Crippen MR) is 109 cm³/mol. The lowest BCUT2D eigenvalue weighted by molar-refractivity contribution is 0.110. The Labute approximate surface area is 171 Å². The van der Waals surface area contributed by atoms with Crippen LogP contribution in [0.4, 0.5) is 4.79 Å². The first kappa shape index (κ1) is 18.6. The predicted octanol–water partition coefficient (Wildman–Crippen LogP) is 3.52. The van der Waals surface area contributed by atoms with Crippen LogP contribution in [-0.4, -0.2) is 51.7 Å². The Kier molecular flexibility index (Phi) is 4.99. The molecule has 154 valence electrons. The lowest BCUT2D eigenvalue weighted by atomic mass is 10.0. The molecule has 3 fully saturated rings. The van der Waals surface area contributed by atoms with Crippen molar-refractivity contribution in [2.45, 2.75) is 56.7 Å². The lowest BCUT2D eigenvalue weighted by Gasteiger charge is -2.23. The third-order valence-corrected chi connectivity index (χ3v) is 6.89. The van der Waals surface area contributed by atoms with E-state index in [9.17, 15) is 4.79 Å². The van der Waals surface area contributed by atoms with Crippen LogP contribution in [0.2, 0.25) is 0 Å². The number of nitrogens with zero attached hydrogens (tertiary/aromatic N) is 3. The summed E-state index contributed by atoms with van der Waals surface area (Å²) in [4.78, 5) is 27.1. The van der Waals surface area contributed by atoms with Crippen molar-refractivity contribution in [1.82, 2.24) is 25.2 Å². The zero-order valence-electron chi connectivity index (χ0n) is 16.9. The highest BCUT2D eigenvalue weighted by molar-refractivity contribution is 5.76. The summed E-state index contributed by atoms with van der Waals surface area (Å²) in [7, 11) is 1.71. The number of aromatic amines is 1. The van der Waals surface area contributed by atoms with Crippen LogP contribution in [0.1, 0.15) is 50.4 Å². The fourth-order valence-electron chi connectivity index (χ4n) is 5.16. The Morgan fingerprint density at radius 2 is 2.14 bits per heavy atom. The third-order valence-electron chi connectivity index (χ3n) is 6.89. The van der Waals surface area contributed by atoms with Crippen molar-refractivity contribution in [3.05, 3.63) is 36.5 Å². The second kappa shape index (κ2) is 7.78. The molecule has 1 saturated heterocycles. The molecule has 2 unspecified atom stereocenters. The van der Waals surface area contributed by atoms with Crippen molar-refractivity contribution in [2.75, 3.05) is 13.7 Å². The van der Waals surface area contributed by atoms with Crippen LogP contribution < -0.4 is 5.32 Å². The van der Waals surface area contributed by atoms with Gasteiger partial charge in [0, 0.05) is 44.1 Å². The number of methoxy groups -OCH3 is 1. The van der Waals surface area contributed by atoms with E-state index < -0.39 is 0 Å². The number of hydrogen-bond acceptors (Lipinski definition) is 4. The first-order valence-corrected chi connectivity index (χ1v) is 10.8. The normalized spacial score (nSPS) is 29.3. The van der Waals surface area contributed by atoms with Crippen LogP contribution in [-0.2, 0) is 4.74 Å². The molecule has 3 heterocycles. The molecule has 2 aromatic heterocycles. The number of carbonyl (C=O) groups excluding carboxylic acids is 1. The molecule has 7 nitrogen and oxygen atoms in total. The zero-order valence-corrected chi connectivity index (χ0v) is 16.9. The molecule has 0 radical (unpaired) electrons. The van der Waals surface area contributed by atoms with Gasteiger partial charge in [-0.3, -0.25) is 4.98 Å². The van der Waals surface area contributed by atoms with Gasteiger partial charge in [-0.2, -0.15) is 0 Å². The lowest BCUT2D eigenvalue weighted by Crippen LogP contribution is -2.42. The Hall–Kier alpha value is -2.41. The average Bonchev–Trinajstić information content (AvgIpc) is 3.23. The van der Waals surface area contributed by atoms with Gasteiger partial charge in [-0.25, -0.2) is 9.78 Å². The van der Waals surface area contributed by atoms with Gasteiger partial charge in [-0.15, -0.1) is 0 Å². The van der Waals surface area contributed by atoms with Gasteiger partial charge >= 0.3 is 6.03 Å². The molecule has 3 aliphatic rings. The Balaban J connectivity index is 1.28. The SMILES string of the molecule is CO[C@@H]1C[C@@H](c2ncc(-c3cccnc3)[nH]2)N(C(=O)NC2CC2C2CCCC2)C1. The molecule has 4 atom stereocenters. The van der Waals surface area contributed by atoms with Crippen molar-refractivity contribution in [2.24, 2.45) is 11.8 Å². The van der Waals surface area contributed by atoms with Gasteiger partial charge in [0.1, 0.15) is 5.82 Å². The zero-order chi connectivity index (χ0) is 19.8. The van der Waals surface area contributed by atoms with Crippen molar-refractivity contribution in [3.8, 4) is 11.3 Å². The standard InChI is InChI=1S/C22H29N5O2/c1-29-16-9-20(21-24-12-19(25-21)15-7-4-8-23-11-15)27(13-16)22(28)26-18-10-17(18)14-5-2-3-6-14/h4,7-8,11-12,14,16-18,20H,2-3,5-6,9-10,13H2,1H3,(H,24,25)(H,26,28)/t16-,17?,18?,20+/m1/s1. The molecule has 0 aromatic carbocycles. The first-order chi connectivity index (χ1) is 14.2. The largest absolute Gasteiger partial charge is 0.380 e. The van der Waals surface area contributed by atoms with Crippen molar-refractivity contribution in [1.29, 1.82) is 0 Å². The summed E-state index contributed by atoms with van der Waals surface area (Å²) in [6, 6.07) is 4.16. The first-order valence-electron chi connectivity index (χ1n) is 10.8. The van der Waals surface area contributed by atoms with E-state index in [4.69, 9.17) is 4.74 Å². The highest BCUT2D eigenvalue weighted by Gasteiger charge is 2.46. The number of pyridine rings is 1. The van der Waals surface area contributed by atoms with Crippen molar-refractivity contribution in [3.63, 3.8) is 0 Å². The molecule has 5 rings (SSSR count). The van der Waals surface area contributed by atoms with Crippen LogP contribution in [0.25, 0.3) is 11.3 Å².